The van der Waals surface area contributed by atoms with Crippen molar-refractivity contribution in [2.45, 2.75) is 25.6 Å². The van der Waals surface area contributed by atoms with Gasteiger partial charge < -0.3 is 16.6 Å². The number of hydrogen-bond donors (Lipinski definition) is 3. The smallest absolute Gasteiger partial charge is 0.382 e. The Kier molecular flexibility index (Phi) is 5.05. The number of nitrogens with zero attached hydrogens (tertiary/aromatic N) is 3. The van der Waals surface area contributed by atoms with Crippen LogP contribution in [0.5, 0.6) is 0 Å². The monoisotopic (exact) mass is 423 g/mol. The van der Waals surface area contributed by atoms with Crippen LogP contribution in [0.3, 0.4) is 0 Å². The molecule has 0 radical (unpaired) electrons. The SMILES string of the molecule is Cc1ncc(-c2nc(-c3cc(C(O)(C(N)=O)C(F)(F)F)ccc3C)cnc2N)s1. The lowest BCUT2D eigenvalue weighted by atomic mass is 9.89. The minimum absolute atomic E-state index is 0.134. The van der Waals surface area contributed by atoms with E-state index in [1.54, 1.807) is 20.0 Å². The maximum Gasteiger partial charge on any atom is 0.430 e. The Balaban J connectivity index is 2.18. The Labute approximate surface area is 167 Å². The molecule has 3 rings (SSSR count). The number of halogens is 3. The number of nitrogen functional groups attached to an aromatic ring is 1. The molecule has 2 heterocycles. The van der Waals surface area contributed by atoms with E-state index in [9.17, 15) is 23.1 Å². The van der Waals surface area contributed by atoms with Crippen molar-refractivity contribution in [3.63, 3.8) is 0 Å². The van der Waals surface area contributed by atoms with Crippen molar-refractivity contribution in [3.8, 4) is 21.8 Å². The minimum atomic E-state index is -5.30. The Hall–Kier alpha value is -3.05. The van der Waals surface area contributed by atoms with Gasteiger partial charge in [0.05, 0.1) is 21.8 Å². The molecule has 0 bridgehead atoms. The van der Waals surface area contributed by atoms with Crippen LogP contribution in [-0.2, 0) is 10.4 Å². The van der Waals surface area contributed by atoms with E-state index in [1.807, 2.05) is 0 Å². The van der Waals surface area contributed by atoms with Crippen LogP contribution >= 0.6 is 11.3 Å². The van der Waals surface area contributed by atoms with Gasteiger partial charge in [0.25, 0.3) is 11.5 Å². The second-order valence-electron chi connectivity index (χ2n) is 6.33. The summed E-state index contributed by atoms with van der Waals surface area (Å²) in [5.41, 5.74) is 7.56. The van der Waals surface area contributed by atoms with Gasteiger partial charge in [0.1, 0.15) is 5.69 Å². The van der Waals surface area contributed by atoms with Crippen LogP contribution in [0.4, 0.5) is 19.0 Å². The van der Waals surface area contributed by atoms with Crippen molar-refractivity contribution in [2.75, 3.05) is 5.73 Å². The van der Waals surface area contributed by atoms with Gasteiger partial charge in [-0.3, -0.25) is 4.79 Å². The first-order valence-corrected chi connectivity index (χ1v) is 9.02. The molecular weight excluding hydrogens is 407 g/mol. The Bertz CT molecular complexity index is 1100. The summed E-state index contributed by atoms with van der Waals surface area (Å²) in [6.45, 7) is 3.45. The third-order valence-electron chi connectivity index (χ3n) is 4.35. The van der Waals surface area contributed by atoms with Crippen LogP contribution in [0.2, 0.25) is 0 Å². The summed E-state index contributed by atoms with van der Waals surface area (Å²) in [4.78, 5) is 24.8. The van der Waals surface area contributed by atoms with Gasteiger partial charge in [-0.2, -0.15) is 13.2 Å². The van der Waals surface area contributed by atoms with Gasteiger partial charge >= 0.3 is 6.18 Å². The highest BCUT2D eigenvalue weighted by Crippen LogP contribution is 2.40. The first-order valence-electron chi connectivity index (χ1n) is 8.21. The lowest BCUT2D eigenvalue weighted by Crippen LogP contribution is -2.52. The molecule has 5 N–H and O–H groups in total. The summed E-state index contributed by atoms with van der Waals surface area (Å²) in [5, 5.41) is 10.9. The maximum absolute atomic E-state index is 13.4. The Morgan fingerprint density at radius 2 is 1.86 bits per heavy atom. The molecule has 0 fully saturated rings. The number of alkyl halides is 3. The van der Waals surface area contributed by atoms with Crippen molar-refractivity contribution >= 4 is 23.1 Å². The molecule has 29 heavy (non-hydrogen) atoms. The van der Waals surface area contributed by atoms with Crippen molar-refractivity contribution < 1.29 is 23.1 Å². The van der Waals surface area contributed by atoms with E-state index < -0.39 is 23.2 Å². The van der Waals surface area contributed by atoms with Gasteiger partial charge in [-0.25, -0.2) is 15.0 Å². The zero-order valence-electron chi connectivity index (χ0n) is 15.3. The topological polar surface area (TPSA) is 128 Å². The third kappa shape index (κ3) is 3.54. The molecule has 0 saturated carbocycles. The highest BCUT2D eigenvalue weighted by atomic mass is 32.1. The van der Waals surface area contributed by atoms with Crippen LogP contribution in [0.15, 0.2) is 30.6 Å². The number of thiazole rings is 1. The highest BCUT2D eigenvalue weighted by molar-refractivity contribution is 7.15. The van der Waals surface area contributed by atoms with Crippen molar-refractivity contribution in [1.82, 2.24) is 15.0 Å². The molecule has 2 aromatic heterocycles. The number of carbonyl (C=O) groups is 1. The molecule has 7 nitrogen and oxygen atoms in total. The van der Waals surface area contributed by atoms with Crippen LogP contribution in [0, 0.1) is 13.8 Å². The number of anilines is 1. The van der Waals surface area contributed by atoms with Crippen molar-refractivity contribution in [3.05, 3.63) is 46.7 Å². The first-order chi connectivity index (χ1) is 13.4. The second-order valence-corrected chi connectivity index (χ2v) is 7.57. The molecule has 1 unspecified atom stereocenters. The molecule has 0 aliphatic heterocycles. The number of carbonyl (C=O) groups excluding carboxylic acids is 1. The summed E-state index contributed by atoms with van der Waals surface area (Å²) in [6.07, 6.45) is -2.43. The van der Waals surface area contributed by atoms with Gasteiger partial charge in [-0.15, -0.1) is 11.3 Å². The summed E-state index contributed by atoms with van der Waals surface area (Å²) in [5.74, 6) is -1.79. The number of aryl methyl sites for hydroxylation is 2. The summed E-state index contributed by atoms with van der Waals surface area (Å²) in [7, 11) is 0. The predicted octanol–water partition coefficient (Wildman–Crippen LogP) is 2.70. The molecular formula is C18H16F3N5O2S. The molecule has 0 aliphatic rings. The Morgan fingerprint density at radius 3 is 2.41 bits per heavy atom. The van der Waals surface area contributed by atoms with Crippen LogP contribution in [-0.4, -0.2) is 32.1 Å². The zero-order valence-corrected chi connectivity index (χ0v) is 16.1. The van der Waals surface area contributed by atoms with E-state index in [4.69, 9.17) is 11.5 Å². The van der Waals surface area contributed by atoms with Gasteiger partial charge in [0, 0.05) is 17.3 Å². The molecule has 11 heteroatoms. The van der Waals surface area contributed by atoms with Crippen molar-refractivity contribution in [1.29, 1.82) is 0 Å². The summed E-state index contributed by atoms with van der Waals surface area (Å²) < 4.78 is 40.2. The number of aliphatic hydroxyl groups is 1. The van der Waals surface area contributed by atoms with Gasteiger partial charge in [0.2, 0.25) is 0 Å². The van der Waals surface area contributed by atoms with E-state index >= 15 is 0 Å². The lowest BCUT2D eigenvalue weighted by molar-refractivity contribution is -0.255. The largest absolute Gasteiger partial charge is 0.430 e. The quantitative estimate of drug-likeness (QED) is 0.592. The molecule has 0 saturated heterocycles. The van der Waals surface area contributed by atoms with Gasteiger partial charge in [-0.05, 0) is 25.5 Å². The maximum atomic E-state index is 13.4. The highest BCUT2D eigenvalue weighted by Gasteiger charge is 2.60. The van der Waals surface area contributed by atoms with Gasteiger partial charge in [-0.1, -0.05) is 12.1 Å². The average molecular weight is 423 g/mol. The number of hydrogen-bond acceptors (Lipinski definition) is 7. The zero-order chi connectivity index (χ0) is 21.6. The number of benzene rings is 1. The standard InChI is InChI=1S/C18H16F3N5O2S/c1-8-3-4-10(17(28,16(23)27)18(19,20)21)5-11(8)12-6-25-15(22)14(26-12)13-7-24-9(2)29-13/h3-7,28H,1-2H3,(H2,22,25)(H2,23,27). The summed E-state index contributed by atoms with van der Waals surface area (Å²) in [6, 6.07) is 3.35. The molecule has 152 valence electrons. The van der Waals surface area contributed by atoms with E-state index in [1.165, 1.54) is 23.6 Å². The van der Waals surface area contributed by atoms with E-state index in [-0.39, 0.29) is 17.1 Å². The van der Waals surface area contributed by atoms with Gasteiger partial charge in [0.15, 0.2) is 5.82 Å². The molecule has 0 aliphatic carbocycles. The number of primary amides is 1. The van der Waals surface area contributed by atoms with E-state index in [2.05, 4.69) is 15.0 Å². The molecule has 1 amide bonds. The molecule has 1 aromatic carbocycles. The number of nitrogens with two attached hydrogens (primary N) is 2. The second kappa shape index (κ2) is 7.08. The minimum Gasteiger partial charge on any atom is -0.382 e. The fourth-order valence-corrected chi connectivity index (χ4v) is 3.52. The van der Waals surface area contributed by atoms with Crippen molar-refractivity contribution in [2.24, 2.45) is 5.73 Å². The first kappa shape index (κ1) is 20.7. The normalized spacial score (nSPS) is 13.9. The molecule has 1 atom stereocenters. The van der Waals surface area contributed by atoms with E-state index in [0.29, 0.717) is 16.1 Å². The number of amides is 1. The van der Waals surface area contributed by atoms with E-state index in [0.717, 1.165) is 17.1 Å². The average Bonchev–Trinajstić information content (AvgIpc) is 3.07. The van der Waals surface area contributed by atoms with Crippen LogP contribution < -0.4 is 11.5 Å². The fraction of sp³-hybridized carbons (Fsp3) is 0.222. The third-order valence-corrected chi connectivity index (χ3v) is 5.27. The summed E-state index contributed by atoms with van der Waals surface area (Å²) >= 11 is 1.33. The molecule has 0 spiro atoms. The lowest BCUT2D eigenvalue weighted by Gasteiger charge is -2.28. The molecule has 3 aromatic rings. The van der Waals surface area contributed by atoms with Crippen LogP contribution in [0.25, 0.3) is 21.8 Å². The predicted molar refractivity (Wildman–Crippen MR) is 102 cm³/mol. The van der Waals surface area contributed by atoms with Crippen LogP contribution in [0.1, 0.15) is 16.1 Å². The number of rotatable bonds is 4. The number of aromatic nitrogens is 3. The Morgan fingerprint density at radius 1 is 1.17 bits per heavy atom. The fourth-order valence-electron chi connectivity index (χ4n) is 2.75.